The zero-order valence-corrected chi connectivity index (χ0v) is 15.2. The van der Waals surface area contributed by atoms with Crippen LogP contribution in [0.1, 0.15) is 27.4 Å². The van der Waals surface area contributed by atoms with E-state index in [-0.39, 0.29) is 11.7 Å². The van der Waals surface area contributed by atoms with Crippen LogP contribution in [0.15, 0.2) is 109 Å². The van der Waals surface area contributed by atoms with Crippen molar-refractivity contribution in [2.24, 2.45) is 0 Å². The first-order valence-corrected chi connectivity index (χ1v) is 9.13. The van der Waals surface area contributed by atoms with Crippen LogP contribution < -0.4 is 4.90 Å². The van der Waals surface area contributed by atoms with Crippen molar-refractivity contribution in [1.82, 2.24) is 0 Å². The summed E-state index contributed by atoms with van der Waals surface area (Å²) in [6.45, 7) is 2.08. The van der Waals surface area contributed by atoms with Gasteiger partial charge in [-0.3, -0.25) is 4.79 Å². The van der Waals surface area contributed by atoms with Gasteiger partial charge in [-0.1, -0.05) is 84.9 Å². The maximum atomic E-state index is 13.3. The summed E-state index contributed by atoms with van der Waals surface area (Å²) < 4.78 is 0. The molecule has 4 rings (SSSR count). The van der Waals surface area contributed by atoms with Crippen molar-refractivity contribution in [1.29, 1.82) is 0 Å². The van der Waals surface area contributed by atoms with Gasteiger partial charge in [0, 0.05) is 35.1 Å². The molecule has 1 aliphatic heterocycles. The highest BCUT2D eigenvalue weighted by Crippen LogP contribution is 2.34. The van der Waals surface area contributed by atoms with Crippen molar-refractivity contribution in [3.05, 3.63) is 126 Å². The molecule has 0 N–H and O–H groups in total. The second-order valence-electron chi connectivity index (χ2n) is 6.70. The minimum absolute atomic E-state index is 0.0563. The molecule has 0 bridgehead atoms. The van der Waals surface area contributed by atoms with Crippen molar-refractivity contribution in [3.63, 3.8) is 0 Å². The average Bonchev–Trinajstić information content (AvgIpc) is 2.74. The lowest BCUT2D eigenvalue weighted by atomic mass is 9.85. The standard InChI is InChI=1S/C25H21NO/c1-19-10-8-9-15-24(19)26-17-16-22(20-11-4-2-5-12-20)23(18-26)25(27)21-13-6-3-7-14-21/h2-18,22H,1H3. The van der Waals surface area contributed by atoms with Gasteiger partial charge in [0.25, 0.3) is 0 Å². The summed E-state index contributed by atoms with van der Waals surface area (Å²) in [7, 11) is 0. The predicted molar refractivity (Wildman–Crippen MR) is 111 cm³/mol. The molecule has 0 saturated heterocycles. The molecule has 1 unspecified atom stereocenters. The SMILES string of the molecule is Cc1ccccc1N1C=CC(c2ccccc2)C(C(=O)c2ccccc2)=C1. The smallest absolute Gasteiger partial charge is 0.191 e. The molecule has 0 saturated carbocycles. The van der Waals surface area contributed by atoms with Crippen molar-refractivity contribution >= 4 is 11.5 Å². The van der Waals surface area contributed by atoms with Gasteiger partial charge in [-0.05, 0) is 24.1 Å². The number of anilines is 1. The van der Waals surface area contributed by atoms with Gasteiger partial charge in [-0.15, -0.1) is 0 Å². The summed E-state index contributed by atoms with van der Waals surface area (Å²) in [5.74, 6) is 0.00608. The van der Waals surface area contributed by atoms with Crippen LogP contribution in [0, 0.1) is 6.92 Å². The Balaban J connectivity index is 1.79. The number of aryl methyl sites for hydroxylation is 1. The van der Waals surface area contributed by atoms with Crippen molar-refractivity contribution < 1.29 is 4.79 Å². The van der Waals surface area contributed by atoms with Crippen LogP contribution in [0.2, 0.25) is 0 Å². The van der Waals surface area contributed by atoms with E-state index >= 15 is 0 Å². The molecule has 2 nitrogen and oxygen atoms in total. The summed E-state index contributed by atoms with van der Waals surface area (Å²) in [4.78, 5) is 15.4. The summed E-state index contributed by atoms with van der Waals surface area (Å²) in [5.41, 5.74) is 4.86. The maximum absolute atomic E-state index is 13.3. The van der Waals surface area contributed by atoms with Crippen LogP contribution >= 0.6 is 0 Å². The first-order chi connectivity index (χ1) is 13.2. The number of hydrogen-bond acceptors (Lipinski definition) is 2. The first kappa shape index (κ1) is 17.0. The fourth-order valence-corrected chi connectivity index (χ4v) is 3.47. The third-order valence-electron chi connectivity index (χ3n) is 4.90. The van der Waals surface area contributed by atoms with Crippen molar-refractivity contribution in [2.45, 2.75) is 12.8 Å². The topological polar surface area (TPSA) is 20.3 Å². The molecule has 0 fully saturated rings. The molecule has 2 heteroatoms. The zero-order valence-electron chi connectivity index (χ0n) is 15.2. The van der Waals surface area contributed by atoms with Crippen LogP contribution in [0.25, 0.3) is 0 Å². The monoisotopic (exact) mass is 351 g/mol. The molecular weight excluding hydrogens is 330 g/mol. The quantitative estimate of drug-likeness (QED) is 0.547. The van der Waals surface area contributed by atoms with Crippen LogP contribution in [0.4, 0.5) is 5.69 Å². The van der Waals surface area contributed by atoms with Gasteiger partial charge in [0.1, 0.15) is 0 Å². The number of nitrogens with zero attached hydrogens (tertiary/aromatic N) is 1. The minimum atomic E-state index is -0.0563. The number of rotatable bonds is 4. The van der Waals surface area contributed by atoms with E-state index in [1.165, 1.54) is 5.56 Å². The number of hydrogen-bond donors (Lipinski definition) is 0. The molecule has 0 radical (unpaired) electrons. The molecule has 3 aromatic carbocycles. The molecule has 0 spiro atoms. The van der Waals surface area contributed by atoms with Gasteiger partial charge in [0.15, 0.2) is 5.78 Å². The number of ketones is 1. The molecule has 27 heavy (non-hydrogen) atoms. The summed E-state index contributed by atoms with van der Waals surface area (Å²) in [6, 6.07) is 27.9. The van der Waals surface area contributed by atoms with E-state index in [9.17, 15) is 4.79 Å². The lowest BCUT2D eigenvalue weighted by molar-refractivity contribution is 0.102. The Bertz CT molecular complexity index is 1000. The third-order valence-corrected chi connectivity index (χ3v) is 4.90. The van der Waals surface area contributed by atoms with E-state index in [0.29, 0.717) is 5.56 Å². The van der Waals surface area contributed by atoms with E-state index in [4.69, 9.17) is 0 Å². The normalized spacial score (nSPS) is 16.1. The molecule has 132 valence electrons. The van der Waals surface area contributed by atoms with Gasteiger partial charge in [0.05, 0.1) is 0 Å². The summed E-state index contributed by atoms with van der Waals surface area (Å²) in [6.07, 6.45) is 6.15. The number of para-hydroxylation sites is 1. The number of carbonyl (C=O) groups is 1. The average molecular weight is 351 g/mol. The fraction of sp³-hybridized carbons (Fsp3) is 0.0800. The highest BCUT2D eigenvalue weighted by molar-refractivity contribution is 6.10. The lowest BCUT2D eigenvalue weighted by Crippen LogP contribution is -2.21. The fourth-order valence-electron chi connectivity index (χ4n) is 3.47. The van der Waals surface area contributed by atoms with Gasteiger partial charge in [-0.2, -0.15) is 0 Å². The Kier molecular flexibility index (Phi) is 4.71. The molecule has 1 heterocycles. The number of allylic oxidation sites excluding steroid dienone is 2. The van der Waals surface area contributed by atoms with Gasteiger partial charge < -0.3 is 4.90 Å². The van der Waals surface area contributed by atoms with Crippen molar-refractivity contribution in [2.75, 3.05) is 4.90 Å². The molecular formula is C25H21NO. The Morgan fingerprint density at radius 1 is 0.815 bits per heavy atom. The molecule has 0 amide bonds. The summed E-state index contributed by atoms with van der Waals surface area (Å²) in [5, 5.41) is 0. The van der Waals surface area contributed by atoms with Gasteiger partial charge in [0.2, 0.25) is 0 Å². The number of carbonyl (C=O) groups excluding carboxylic acids is 1. The Hall–Kier alpha value is -3.39. The minimum Gasteiger partial charge on any atom is -0.323 e. The Labute approximate surface area is 160 Å². The second kappa shape index (κ2) is 7.46. The molecule has 3 aromatic rings. The number of Topliss-reactive ketones (excluding diaryl/α,β-unsaturated/α-hetero) is 1. The Morgan fingerprint density at radius 2 is 1.44 bits per heavy atom. The van der Waals surface area contributed by atoms with Crippen LogP contribution in [0.3, 0.4) is 0 Å². The zero-order chi connectivity index (χ0) is 18.6. The first-order valence-electron chi connectivity index (χ1n) is 9.13. The predicted octanol–water partition coefficient (Wildman–Crippen LogP) is 5.88. The van der Waals surface area contributed by atoms with Crippen LogP contribution in [-0.4, -0.2) is 5.78 Å². The van der Waals surface area contributed by atoms with Gasteiger partial charge in [-0.25, -0.2) is 0 Å². The molecule has 0 aliphatic carbocycles. The van der Waals surface area contributed by atoms with E-state index in [1.807, 2.05) is 71.8 Å². The van der Waals surface area contributed by atoms with E-state index in [1.54, 1.807) is 0 Å². The Morgan fingerprint density at radius 3 is 2.15 bits per heavy atom. The second-order valence-corrected chi connectivity index (χ2v) is 6.70. The highest BCUT2D eigenvalue weighted by Gasteiger charge is 2.25. The largest absolute Gasteiger partial charge is 0.323 e. The van der Waals surface area contributed by atoms with E-state index < -0.39 is 0 Å². The van der Waals surface area contributed by atoms with Gasteiger partial charge >= 0.3 is 0 Å². The third kappa shape index (κ3) is 3.47. The van der Waals surface area contributed by atoms with Crippen molar-refractivity contribution in [3.8, 4) is 0 Å². The summed E-state index contributed by atoms with van der Waals surface area (Å²) >= 11 is 0. The van der Waals surface area contributed by atoms with E-state index in [2.05, 4.69) is 43.5 Å². The van der Waals surface area contributed by atoms with Crippen LogP contribution in [0.5, 0.6) is 0 Å². The maximum Gasteiger partial charge on any atom is 0.191 e. The van der Waals surface area contributed by atoms with E-state index in [0.717, 1.165) is 16.8 Å². The highest BCUT2D eigenvalue weighted by atomic mass is 16.1. The van der Waals surface area contributed by atoms with Crippen LogP contribution in [-0.2, 0) is 0 Å². The number of benzene rings is 3. The molecule has 0 aromatic heterocycles. The molecule has 1 aliphatic rings. The molecule has 1 atom stereocenters. The lowest BCUT2D eigenvalue weighted by Gasteiger charge is -2.28.